The van der Waals surface area contributed by atoms with E-state index < -0.39 is 11.5 Å². The molecule has 0 saturated heterocycles. The van der Waals surface area contributed by atoms with Crippen molar-refractivity contribution in [3.63, 3.8) is 0 Å². The summed E-state index contributed by atoms with van der Waals surface area (Å²) in [6, 6.07) is 3.35. The molecule has 4 heterocycles. The van der Waals surface area contributed by atoms with Crippen molar-refractivity contribution in [2.75, 3.05) is 6.54 Å². The Morgan fingerprint density at radius 1 is 1.09 bits per heavy atom. The number of benzene rings is 1. The molecule has 1 aliphatic carbocycles. The van der Waals surface area contributed by atoms with Crippen LogP contribution in [0.2, 0.25) is 5.82 Å². The van der Waals surface area contributed by atoms with Crippen molar-refractivity contribution < 1.29 is 9.18 Å². The molecule has 1 amide bonds. The van der Waals surface area contributed by atoms with Crippen LogP contribution in [-0.4, -0.2) is 51.2 Å². The van der Waals surface area contributed by atoms with Gasteiger partial charge < -0.3 is 4.90 Å². The van der Waals surface area contributed by atoms with Crippen LogP contribution in [0.25, 0.3) is 28.1 Å². The second kappa shape index (κ2) is 14.4. The van der Waals surface area contributed by atoms with Crippen molar-refractivity contribution in [1.29, 1.82) is 0 Å². The van der Waals surface area contributed by atoms with Crippen LogP contribution in [0.15, 0.2) is 79.1 Å². The molecule has 244 valence electrons. The van der Waals surface area contributed by atoms with Crippen molar-refractivity contribution in [2.45, 2.75) is 63.7 Å². The third-order valence-corrected chi connectivity index (χ3v) is 10.7. The lowest BCUT2D eigenvalue weighted by molar-refractivity contribution is -0.137. The maximum Gasteiger partial charge on any atom is 0.338 e. The van der Waals surface area contributed by atoms with E-state index in [4.69, 9.17) is 5.10 Å². The van der Waals surface area contributed by atoms with Crippen molar-refractivity contribution in [3.05, 3.63) is 102 Å². The number of amides is 1. The van der Waals surface area contributed by atoms with Crippen LogP contribution in [0.1, 0.15) is 56.2 Å². The zero-order chi connectivity index (χ0) is 33.1. The maximum absolute atomic E-state index is 15.8. The van der Waals surface area contributed by atoms with Gasteiger partial charge in [-0.25, -0.2) is 13.9 Å². The predicted octanol–water partition coefficient (Wildman–Crippen LogP) is 6.44. The van der Waals surface area contributed by atoms with Crippen molar-refractivity contribution in [1.82, 2.24) is 33.6 Å². The van der Waals surface area contributed by atoms with Crippen molar-refractivity contribution in [2.24, 2.45) is 13.0 Å². The number of hydrogen-bond acceptors (Lipinski definition) is 4. The normalized spacial score (nSPS) is 19.3. The summed E-state index contributed by atoms with van der Waals surface area (Å²) in [5, 5.41) is 10.5. The summed E-state index contributed by atoms with van der Waals surface area (Å²) in [6.45, 7) is 8.61. The molecule has 0 bridgehead atoms. The minimum atomic E-state index is -0.524. The Bertz CT molecular complexity index is 1930. The second-order valence-electron chi connectivity index (χ2n) is 12.4. The van der Waals surface area contributed by atoms with Gasteiger partial charge in [0.2, 0.25) is 11.0 Å². The van der Waals surface area contributed by atoms with Crippen LogP contribution in [0.4, 0.5) is 4.39 Å². The molecular weight excluding hydrogens is 707 g/mol. The van der Waals surface area contributed by atoms with Crippen molar-refractivity contribution >= 4 is 50.0 Å². The zero-order valence-corrected chi connectivity index (χ0v) is 29.0. The van der Waals surface area contributed by atoms with Crippen LogP contribution in [0.5, 0.6) is 0 Å². The summed E-state index contributed by atoms with van der Waals surface area (Å²) in [4.78, 5) is 30.4. The highest BCUT2D eigenvalue weighted by Gasteiger charge is 2.35. The summed E-state index contributed by atoms with van der Waals surface area (Å²) < 4.78 is 21.9. The molecule has 4 aromatic rings. The highest BCUT2D eigenvalue weighted by atomic mass is 127. The number of carbonyl (C=O) groups excluding carboxylic acids is 1. The molecule has 6 rings (SSSR count). The Morgan fingerprint density at radius 3 is 2.62 bits per heavy atom. The van der Waals surface area contributed by atoms with Gasteiger partial charge in [-0.3, -0.25) is 18.6 Å². The standard InChI is InChI=1S/C35H40BFIN7O2/c1-4-6-13-24(12-5-2)45-33(44-21-20-43(35(44)47)31-17-16-30-26(32(31)37)22-39-41(30)3)27-23-42(19-18-29(27)40-45)34(46)25-14-10-8-7-9-11-15-28(25)36-38/h4-6,12-13,16-17,20-22,25,28,36H,1-2,7-11,14-15,18-19,23H2,3H3/b13-6-,24-12+. The molecular formula is C35H40BFIN7O2. The summed E-state index contributed by atoms with van der Waals surface area (Å²) in [7, 11) is 1.75. The van der Waals surface area contributed by atoms with Gasteiger partial charge in [0.15, 0.2) is 5.82 Å². The number of hydrogen-bond donors (Lipinski definition) is 0. The number of carbonyl (C=O) groups is 1. The van der Waals surface area contributed by atoms with Gasteiger partial charge >= 0.3 is 5.69 Å². The molecule has 12 heteroatoms. The minimum absolute atomic E-state index is 0.00836. The Labute approximate surface area is 288 Å². The number of allylic oxidation sites excluding steroid dienone is 6. The first-order valence-electron chi connectivity index (χ1n) is 16.4. The zero-order valence-electron chi connectivity index (χ0n) is 26.8. The number of rotatable bonds is 8. The summed E-state index contributed by atoms with van der Waals surface area (Å²) in [6.07, 6.45) is 21.9. The average Bonchev–Trinajstić information content (AvgIpc) is 3.78. The fraction of sp³-hybridized carbons (Fsp3) is 0.371. The first-order chi connectivity index (χ1) is 22.9. The van der Waals surface area contributed by atoms with Gasteiger partial charge in [0.25, 0.3) is 0 Å². The molecule has 2 unspecified atom stereocenters. The molecule has 1 saturated carbocycles. The highest BCUT2D eigenvalue weighted by molar-refractivity contribution is 14.1. The molecule has 47 heavy (non-hydrogen) atoms. The molecule has 1 fully saturated rings. The van der Waals surface area contributed by atoms with E-state index in [9.17, 15) is 9.59 Å². The number of nitrogens with zero attached hydrogens (tertiary/aromatic N) is 7. The lowest BCUT2D eigenvalue weighted by Crippen LogP contribution is -2.41. The van der Waals surface area contributed by atoms with Crippen molar-refractivity contribution in [3.8, 4) is 11.5 Å². The van der Waals surface area contributed by atoms with Gasteiger partial charge in [-0.1, -0.05) is 69.9 Å². The van der Waals surface area contributed by atoms with Gasteiger partial charge in [-0.05, 0) is 36.5 Å². The van der Waals surface area contributed by atoms with Crippen LogP contribution in [0.3, 0.4) is 0 Å². The first kappa shape index (κ1) is 33.0. The topological polar surface area (TPSA) is 82.9 Å². The van der Waals surface area contributed by atoms with Gasteiger partial charge in [-0.2, -0.15) is 32.6 Å². The largest absolute Gasteiger partial charge is 0.338 e. The van der Waals surface area contributed by atoms with E-state index in [1.165, 1.54) is 41.0 Å². The van der Waals surface area contributed by atoms with E-state index in [2.05, 4.69) is 40.6 Å². The maximum atomic E-state index is 15.8. The lowest BCUT2D eigenvalue weighted by atomic mass is 9.71. The Hall–Kier alpha value is -3.94. The fourth-order valence-electron chi connectivity index (χ4n) is 7.03. The number of fused-ring (bicyclic) bond motifs is 2. The molecule has 1 aromatic carbocycles. The van der Waals surface area contributed by atoms with E-state index in [1.807, 2.05) is 17.1 Å². The quantitative estimate of drug-likeness (QED) is 0.118. The van der Waals surface area contributed by atoms with E-state index in [0.717, 1.165) is 35.7 Å². The van der Waals surface area contributed by atoms with Crippen LogP contribution in [-0.2, 0) is 24.8 Å². The Kier molecular flexibility index (Phi) is 10.1. The molecule has 9 nitrogen and oxygen atoms in total. The van der Waals surface area contributed by atoms with E-state index in [-0.39, 0.29) is 17.5 Å². The molecule has 0 spiro atoms. The van der Waals surface area contributed by atoms with Crippen LogP contribution >= 0.6 is 22.4 Å². The summed E-state index contributed by atoms with van der Waals surface area (Å²) in [5.74, 6) is 0.545. The number of aromatic nitrogens is 6. The number of halogens is 2. The summed E-state index contributed by atoms with van der Waals surface area (Å²) >= 11 is 2.45. The molecule has 2 atom stereocenters. The van der Waals surface area contributed by atoms with Gasteiger partial charge in [0.05, 0.1) is 40.7 Å². The molecule has 0 radical (unpaired) electrons. The van der Waals surface area contributed by atoms with Gasteiger partial charge in [0.1, 0.15) is 5.82 Å². The van der Waals surface area contributed by atoms with Gasteiger partial charge in [-0.15, -0.1) is 0 Å². The average molecular weight is 747 g/mol. The van der Waals surface area contributed by atoms with E-state index in [0.29, 0.717) is 47.7 Å². The lowest BCUT2D eigenvalue weighted by Gasteiger charge is -2.33. The van der Waals surface area contributed by atoms with E-state index in [1.54, 1.807) is 59.2 Å². The number of imidazole rings is 1. The second-order valence-corrected chi connectivity index (χ2v) is 13.3. The summed E-state index contributed by atoms with van der Waals surface area (Å²) in [5.41, 5.74) is 2.62. The monoisotopic (exact) mass is 747 g/mol. The molecule has 1 aliphatic heterocycles. The Morgan fingerprint density at radius 2 is 1.85 bits per heavy atom. The fourth-order valence-corrected chi connectivity index (χ4v) is 8.09. The van der Waals surface area contributed by atoms with Crippen LogP contribution < -0.4 is 5.69 Å². The minimum Gasteiger partial charge on any atom is -0.338 e. The highest BCUT2D eigenvalue weighted by Crippen LogP contribution is 2.36. The molecule has 2 aliphatic rings. The molecule has 3 aromatic heterocycles. The smallest absolute Gasteiger partial charge is 0.338 e. The Balaban J connectivity index is 1.45. The molecule has 0 N–H and O–H groups in total. The first-order valence-corrected chi connectivity index (χ1v) is 17.9. The van der Waals surface area contributed by atoms with Gasteiger partial charge in [0, 0.05) is 43.9 Å². The predicted molar refractivity (Wildman–Crippen MR) is 195 cm³/mol. The third kappa shape index (κ3) is 6.36. The third-order valence-electron chi connectivity index (χ3n) is 9.54. The van der Waals surface area contributed by atoms with Crippen LogP contribution in [0, 0.1) is 11.7 Å². The van der Waals surface area contributed by atoms with E-state index >= 15 is 4.39 Å². The SMILES string of the molecule is C=C/C=C\C(=C/C=C)n1nc2c(c1-n1ccn(-c3ccc4c(cnn4C)c3F)c1=O)CN(C(=O)C1CCCCCCCC1BI)CC2. The number of aryl methyl sites for hydroxylation is 1.